The summed E-state index contributed by atoms with van der Waals surface area (Å²) in [6, 6.07) is 15.0. The predicted molar refractivity (Wildman–Crippen MR) is 103 cm³/mol. The second-order valence-electron chi connectivity index (χ2n) is 6.58. The SMILES string of the molecule is Cc1ccc(NC(=O)COC(=O)[C@@H](NC(=O)c2ccccc2)C(C)C)cc1. The van der Waals surface area contributed by atoms with E-state index in [-0.39, 0.29) is 11.8 Å². The number of aryl methyl sites for hydroxylation is 1. The molecule has 0 aromatic heterocycles. The molecule has 0 aliphatic rings. The fourth-order valence-electron chi connectivity index (χ4n) is 2.37. The maximum Gasteiger partial charge on any atom is 0.329 e. The third-order valence-corrected chi connectivity index (χ3v) is 3.92. The molecule has 0 radical (unpaired) electrons. The molecule has 2 rings (SSSR count). The Hall–Kier alpha value is -3.15. The van der Waals surface area contributed by atoms with Crippen LogP contribution in [0.15, 0.2) is 54.6 Å². The number of amides is 2. The van der Waals surface area contributed by atoms with Gasteiger partial charge in [-0.2, -0.15) is 0 Å². The number of hydrogen-bond donors (Lipinski definition) is 2. The minimum absolute atomic E-state index is 0.190. The molecule has 0 saturated carbocycles. The van der Waals surface area contributed by atoms with Crippen LogP contribution < -0.4 is 10.6 Å². The molecule has 0 spiro atoms. The largest absolute Gasteiger partial charge is 0.454 e. The molecule has 6 nitrogen and oxygen atoms in total. The van der Waals surface area contributed by atoms with Crippen LogP contribution in [0.4, 0.5) is 5.69 Å². The highest BCUT2D eigenvalue weighted by Gasteiger charge is 2.26. The van der Waals surface area contributed by atoms with Crippen molar-refractivity contribution in [2.75, 3.05) is 11.9 Å². The zero-order chi connectivity index (χ0) is 19.8. The van der Waals surface area contributed by atoms with Gasteiger partial charge in [-0.25, -0.2) is 4.79 Å². The first kappa shape index (κ1) is 20.2. The smallest absolute Gasteiger partial charge is 0.329 e. The minimum Gasteiger partial charge on any atom is -0.454 e. The van der Waals surface area contributed by atoms with Gasteiger partial charge in [0.1, 0.15) is 6.04 Å². The molecule has 0 saturated heterocycles. The van der Waals surface area contributed by atoms with E-state index in [1.807, 2.05) is 19.1 Å². The lowest BCUT2D eigenvalue weighted by Crippen LogP contribution is -2.45. The average Bonchev–Trinajstić information content (AvgIpc) is 2.66. The van der Waals surface area contributed by atoms with Crippen molar-refractivity contribution in [3.05, 3.63) is 65.7 Å². The quantitative estimate of drug-likeness (QED) is 0.736. The average molecular weight is 368 g/mol. The van der Waals surface area contributed by atoms with Gasteiger partial charge in [-0.3, -0.25) is 9.59 Å². The summed E-state index contributed by atoms with van der Waals surface area (Å²) in [5, 5.41) is 5.32. The Morgan fingerprint density at radius 3 is 2.19 bits per heavy atom. The van der Waals surface area contributed by atoms with Crippen LogP contribution in [0.1, 0.15) is 29.8 Å². The summed E-state index contributed by atoms with van der Waals surface area (Å²) in [7, 11) is 0. The van der Waals surface area contributed by atoms with Crippen molar-refractivity contribution in [1.82, 2.24) is 5.32 Å². The Labute approximate surface area is 158 Å². The predicted octanol–water partition coefficient (Wildman–Crippen LogP) is 2.93. The van der Waals surface area contributed by atoms with Crippen LogP contribution in [0, 0.1) is 12.8 Å². The number of anilines is 1. The highest BCUT2D eigenvalue weighted by Crippen LogP contribution is 2.09. The van der Waals surface area contributed by atoms with E-state index in [0.717, 1.165) is 5.56 Å². The van der Waals surface area contributed by atoms with Crippen molar-refractivity contribution in [3.63, 3.8) is 0 Å². The topological polar surface area (TPSA) is 84.5 Å². The number of rotatable bonds is 7. The molecule has 27 heavy (non-hydrogen) atoms. The zero-order valence-corrected chi connectivity index (χ0v) is 15.7. The van der Waals surface area contributed by atoms with Crippen LogP contribution in [-0.4, -0.2) is 30.4 Å². The molecule has 0 bridgehead atoms. The van der Waals surface area contributed by atoms with Crippen LogP contribution in [0.3, 0.4) is 0 Å². The monoisotopic (exact) mass is 368 g/mol. The minimum atomic E-state index is -0.843. The summed E-state index contributed by atoms with van der Waals surface area (Å²) < 4.78 is 5.09. The molecule has 0 heterocycles. The Kier molecular flexibility index (Phi) is 7.11. The maximum atomic E-state index is 12.3. The Morgan fingerprint density at radius 2 is 1.59 bits per heavy atom. The van der Waals surface area contributed by atoms with Crippen LogP contribution in [-0.2, 0) is 14.3 Å². The third-order valence-electron chi connectivity index (χ3n) is 3.92. The van der Waals surface area contributed by atoms with Gasteiger partial charge >= 0.3 is 5.97 Å². The molecule has 2 N–H and O–H groups in total. The first-order valence-electron chi connectivity index (χ1n) is 8.76. The second-order valence-corrected chi connectivity index (χ2v) is 6.58. The fourth-order valence-corrected chi connectivity index (χ4v) is 2.37. The highest BCUT2D eigenvalue weighted by molar-refractivity contribution is 5.97. The van der Waals surface area contributed by atoms with Crippen LogP contribution >= 0.6 is 0 Å². The van der Waals surface area contributed by atoms with Gasteiger partial charge < -0.3 is 15.4 Å². The molecule has 142 valence electrons. The fraction of sp³-hybridized carbons (Fsp3) is 0.286. The van der Waals surface area contributed by atoms with Gasteiger partial charge in [0, 0.05) is 11.3 Å². The van der Waals surface area contributed by atoms with Gasteiger partial charge in [0.2, 0.25) is 0 Å². The number of carbonyl (C=O) groups excluding carboxylic acids is 3. The summed E-state index contributed by atoms with van der Waals surface area (Å²) in [6.45, 7) is 5.12. The Balaban J connectivity index is 1.89. The van der Waals surface area contributed by atoms with Crippen molar-refractivity contribution in [2.24, 2.45) is 5.92 Å². The molecule has 2 aromatic rings. The van der Waals surface area contributed by atoms with Gasteiger partial charge in [0.15, 0.2) is 6.61 Å². The standard InChI is InChI=1S/C21H24N2O4/c1-14(2)19(23-20(25)16-7-5-4-6-8-16)21(26)27-13-18(24)22-17-11-9-15(3)10-12-17/h4-12,14,19H,13H2,1-3H3,(H,22,24)(H,23,25)/t19-/m0/s1. The second kappa shape index (κ2) is 9.52. The molecular weight excluding hydrogens is 344 g/mol. The van der Waals surface area contributed by atoms with E-state index in [4.69, 9.17) is 4.74 Å². The van der Waals surface area contributed by atoms with Gasteiger partial charge in [0.25, 0.3) is 11.8 Å². The number of ether oxygens (including phenoxy) is 1. The van der Waals surface area contributed by atoms with Crippen LogP contribution in [0.2, 0.25) is 0 Å². The Bertz CT molecular complexity index is 786. The number of nitrogens with one attached hydrogen (secondary N) is 2. The summed E-state index contributed by atoms with van der Waals surface area (Å²) in [4.78, 5) is 36.6. The zero-order valence-electron chi connectivity index (χ0n) is 15.7. The summed E-state index contributed by atoms with van der Waals surface area (Å²) in [6.07, 6.45) is 0. The van der Waals surface area contributed by atoms with Crippen molar-refractivity contribution in [3.8, 4) is 0 Å². The number of esters is 1. The highest BCUT2D eigenvalue weighted by atomic mass is 16.5. The molecule has 2 aromatic carbocycles. The first-order valence-corrected chi connectivity index (χ1v) is 8.76. The van der Waals surface area contributed by atoms with Crippen LogP contribution in [0.5, 0.6) is 0 Å². The van der Waals surface area contributed by atoms with Gasteiger partial charge in [-0.05, 0) is 37.1 Å². The van der Waals surface area contributed by atoms with Gasteiger partial charge in [-0.1, -0.05) is 49.7 Å². The summed E-state index contributed by atoms with van der Waals surface area (Å²) >= 11 is 0. The van der Waals surface area contributed by atoms with Crippen molar-refractivity contribution in [2.45, 2.75) is 26.8 Å². The first-order chi connectivity index (χ1) is 12.9. The van der Waals surface area contributed by atoms with Crippen LogP contribution in [0.25, 0.3) is 0 Å². The molecule has 0 unspecified atom stereocenters. The lowest BCUT2D eigenvalue weighted by Gasteiger charge is -2.20. The molecular formula is C21H24N2O4. The van der Waals surface area contributed by atoms with E-state index in [2.05, 4.69) is 10.6 Å². The van der Waals surface area contributed by atoms with Crippen molar-refractivity contribution < 1.29 is 19.1 Å². The van der Waals surface area contributed by atoms with E-state index in [1.165, 1.54) is 0 Å². The van der Waals surface area contributed by atoms with E-state index in [0.29, 0.717) is 11.3 Å². The third kappa shape index (κ3) is 6.26. The lowest BCUT2D eigenvalue weighted by atomic mass is 10.0. The van der Waals surface area contributed by atoms with Gasteiger partial charge in [0.05, 0.1) is 0 Å². The molecule has 2 amide bonds. The molecule has 6 heteroatoms. The normalized spacial score (nSPS) is 11.6. The molecule has 1 atom stereocenters. The lowest BCUT2D eigenvalue weighted by molar-refractivity contribution is -0.150. The number of carbonyl (C=O) groups is 3. The van der Waals surface area contributed by atoms with E-state index < -0.39 is 24.5 Å². The number of benzene rings is 2. The molecule has 0 aliphatic heterocycles. The van der Waals surface area contributed by atoms with Crippen molar-refractivity contribution in [1.29, 1.82) is 0 Å². The Morgan fingerprint density at radius 1 is 0.963 bits per heavy atom. The maximum absolute atomic E-state index is 12.3. The van der Waals surface area contributed by atoms with Gasteiger partial charge in [-0.15, -0.1) is 0 Å². The molecule has 0 fully saturated rings. The molecule has 0 aliphatic carbocycles. The van der Waals surface area contributed by atoms with E-state index in [1.54, 1.807) is 56.3 Å². The number of hydrogen-bond acceptors (Lipinski definition) is 4. The van der Waals surface area contributed by atoms with Crippen molar-refractivity contribution >= 4 is 23.5 Å². The summed E-state index contributed by atoms with van der Waals surface area (Å²) in [5.74, 6) is -1.64. The van der Waals surface area contributed by atoms with E-state index >= 15 is 0 Å². The summed E-state index contributed by atoms with van der Waals surface area (Å²) in [5.41, 5.74) is 2.15. The van der Waals surface area contributed by atoms with E-state index in [9.17, 15) is 14.4 Å².